The number of amides is 1. The van der Waals surface area contributed by atoms with Gasteiger partial charge in [0.2, 0.25) is 0 Å². The Labute approximate surface area is 112 Å². The van der Waals surface area contributed by atoms with Gasteiger partial charge in [-0.05, 0) is 18.2 Å². The first-order valence-corrected chi connectivity index (χ1v) is 5.92. The summed E-state index contributed by atoms with van der Waals surface area (Å²) in [5.74, 6) is -0.156. The lowest BCUT2D eigenvalue weighted by Gasteiger charge is -2.21. The lowest BCUT2D eigenvalue weighted by atomic mass is 10.1. The van der Waals surface area contributed by atoms with Crippen molar-refractivity contribution in [3.63, 3.8) is 0 Å². The van der Waals surface area contributed by atoms with Crippen molar-refractivity contribution in [2.75, 3.05) is 32.5 Å². The van der Waals surface area contributed by atoms with Gasteiger partial charge in [0, 0.05) is 25.9 Å². The number of methoxy groups -OCH3 is 1. The van der Waals surface area contributed by atoms with E-state index >= 15 is 0 Å². The summed E-state index contributed by atoms with van der Waals surface area (Å²) < 4.78 is 4.97. The van der Waals surface area contributed by atoms with Gasteiger partial charge in [-0.3, -0.25) is 4.79 Å². The van der Waals surface area contributed by atoms with E-state index in [1.165, 1.54) is 0 Å². The number of hydrogen-bond acceptors (Lipinski definition) is 3. The van der Waals surface area contributed by atoms with Gasteiger partial charge in [0.15, 0.2) is 0 Å². The Morgan fingerprint density at radius 3 is 2.89 bits per heavy atom. The smallest absolute Gasteiger partial charge is 0.255 e. The van der Waals surface area contributed by atoms with Crippen molar-refractivity contribution >= 4 is 23.2 Å². The fourth-order valence-electron chi connectivity index (χ4n) is 1.51. The van der Waals surface area contributed by atoms with Gasteiger partial charge >= 0.3 is 0 Å². The summed E-state index contributed by atoms with van der Waals surface area (Å²) in [6.45, 7) is 5.03. The molecule has 4 nitrogen and oxygen atoms in total. The predicted molar refractivity (Wildman–Crippen MR) is 73.8 cm³/mol. The molecule has 0 heterocycles. The van der Waals surface area contributed by atoms with Crippen LogP contribution < -0.4 is 5.73 Å². The van der Waals surface area contributed by atoms with Crippen LogP contribution in [0.3, 0.4) is 0 Å². The number of nitrogen functional groups attached to an aromatic ring is 1. The van der Waals surface area contributed by atoms with Gasteiger partial charge < -0.3 is 15.4 Å². The van der Waals surface area contributed by atoms with Gasteiger partial charge in [-0.1, -0.05) is 17.7 Å². The number of carbonyl (C=O) groups is 1. The van der Waals surface area contributed by atoms with E-state index in [2.05, 4.69) is 6.58 Å². The predicted octanol–water partition coefficient (Wildman–Crippen LogP) is 2.20. The zero-order chi connectivity index (χ0) is 13.5. The fraction of sp³-hybridized carbons (Fsp3) is 0.308. The molecule has 98 valence electrons. The van der Waals surface area contributed by atoms with E-state index in [0.29, 0.717) is 36.0 Å². The van der Waals surface area contributed by atoms with E-state index in [-0.39, 0.29) is 5.91 Å². The first kappa shape index (κ1) is 14.5. The van der Waals surface area contributed by atoms with Crippen molar-refractivity contribution in [3.05, 3.63) is 41.4 Å². The molecule has 0 aliphatic carbocycles. The highest BCUT2D eigenvalue weighted by atomic mass is 35.5. The number of benzene rings is 1. The van der Waals surface area contributed by atoms with Crippen LogP contribution in [0.5, 0.6) is 0 Å². The number of anilines is 1. The number of carbonyl (C=O) groups excluding carboxylic acids is 1. The molecule has 0 unspecified atom stereocenters. The van der Waals surface area contributed by atoms with Crippen LogP contribution in [0, 0.1) is 0 Å². The van der Waals surface area contributed by atoms with Crippen molar-refractivity contribution in [2.45, 2.75) is 0 Å². The third-order valence-corrected chi connectivity index (χ3v) is 2.74. The van der Waals surface area contributed by atoms with Crippen molar-refractivity contribution in [1.29, 1.82) is 0 Å². The van der Waals surface area contributed by atoms with E-state index in [4.69, 9.17) is 22.1 Å². The number of ether oxygens (including phenoxy) is 1. The van der Waals surface area contributed by atoms with E-state index in [9.17, 15) is 4.79 Å². The average molecular weight is 269 g/mol. The molecule has 1 rings (SSSR count). The SMILES string of the molecule is C=CCN(CCOC)C(=O)c1ccc(N)cc1Cl. The normalized spacial score (nSPS) is 10.1. The van der Waals surface area contributed by atoms with E-state index in [1.54, 1.807) is 36.3 Å². The Hall–Kier alpha value is -1.52. The molecule has 0 aromatic heterocycles. The molecule has 0 spiro atoms. The van der Waals surface area contributed by atoms with Crippen LogP contribution >= 0.6 is 11.6 Å². The molecule has 0 saturated carbocycles. The second kappa shape index (κ2) is 7.03. The zero-order valence-electron chi connectivity index (χ0n) is 10.4. The Morgan fingerprint density at radius 1 is 1.61 bits per heavy atom. The molecule has 0 atom stereocenters. The third-order valence-electron chi connectivity index (χ3n) is 2.43. The fourth-order valence-corrected chi connectivity index (χ4v) is 1.78. The summed E-state index contributed by atoms with van der Waals surface area (Å²) in [6, 6.07) is 4.85. The van der Waals surface area contributed by atoms with Gasteiger partial charge in [0.05, 0.1) is 17.2 Å². The molecule has 1 amide bonds. The minimum absolute atomic E-state index is 0.156. The topological polar surface area (TPSA) is 55.6 Å². The van der Waals surface area contributed by atoms with Crippen molar-refractivity contribution in [3.8, 4) is 0 Å². The van der Waals surface area contributed by atoms with Gasteiger partial charge in [-0.15, -0.1) is 6.58 Å². The molecule has 2 N–H and O–H groups in total. The monoisotopic (exact) mass is 268 g/mol. The summed E-state index contributed by atoms with van der Waals surface area (Å²) in [4.78, 5) is 13.9. The van der Waals surface area contributed by atoms with Gasteiger partial charge in [0.25, 0.3) is 5.91 Å². The second-order valence-corrected chi connectivity index (χ2v) is 4.18. The minimum atomic E-state index is -0.156. The van der Waals surface area contributed by atoms with E-state index in [0.717, 1.165) is 0 Å². The third kappa shape index (κ3) is 3.75. The van der Waals surface area contributed by atoms with Crippen LogP contribution in [0.4, 0.5) is 5.69 Å². The van der Waals surface area contributed by atoms with Crippen LogP contribution in [0.25, 0.3) is 0 Å². The Morgan fingerprint density at radius 2 is 2.33 bits per heavy atom. The lowest BCUT2D eigenvalue weighted by Crippen LogP contribution is -2.34. The van der Waals surface area contributed by atoms with Gasteiger partial charge in [-0.25, -0.2) is 0 Å². The van der Waals surface area contributed by atoms with Gasteiger partial charge in [0.1, 0.15) is 0 Å². The number of halogens is 1. The molecule has 18 heavy (non-hydrogen) atoms. The van der Waals surface area contributed by atoms with E-state index < -0.39 is 0 Å². The van der Waals surface area contributed by atoms with Crippen LogP contribution in [-0.4, -0.2) is 37.6 Å². The van der Waals surface area contributed by atoms with Crippen LogP contribution in [-0.2, 0) is 4.74 Å². The van der Waals surface area contributed by atoms with Gasteiger partial charge in [-0.2, -0.15) is 0 Å². The van der Waals surface area contributed by atoms with Crippen LogP contribution in [0.1, 0.15) is 10.4 Å². The number of nitrogens with zero attached hydrogens (tertiary/aromatic N) is 1. The Kier molecular flexibility index (Phi) is 5.68. The Bertz CT molecular complexity index is 435. The molecule has 0 bridgehead atoms. The van der Waals surface area contributed by atoms with Crippen molar-refractivity contribution in [2.24, 2.45) is 0 Å². The van der Waals surface area contributed by atoms with Crippen molar-refractivity contribution < 1.29 is 9.53 Å². The summed E-state index contributed by atoms with van der Waals surface area (Å²) in [5.41, 5.74) is 6.56. The molecule has 0 aliphatic heterocycles. The first-order chi connectivity index (χ1) is 8.60. The molecular formula is C13H17ClN2O2. The summed E-state index contributed by atoms with van der Waals surface area (Å²) in [7, 11) is 1.59. The zero-order valence-corrected chi connectivity index (χ0v) is 11.1. The summed E-state index contributed by atoms with van der Waals surface area (Å²) in [5, 5.41) is 0.353. The maximum absolute atomic E-state index is 12.3. The lowest BCUT2D eigenvalue weighted by molar-refractivity contribution is 0.0718. The second-order valence-electron chi connectivity index (χ2n) is 3.77. The van der Waals surface area contributed by atoms with Crippen LogP contribution in [0.2, 0.25) is 5.02 Å². The molecule has 5 heteroatoms. The number of rotatable bonds is 6. The maximum atomic E-state index is 12.3. The van der Waals surface area contributed by atoms with Crippen molar-refractivity contribution in [1.82, 2.24) is 4.90 Å². The molecule has 1 aromatic carbocycles. The van der Waals surface area contributed by atoms with E-state index in [1.807, 2.05) is 0 Å². The highest BCUT2D eigenvalue weighted by Crippen LogP contribution is 2.20. The number of hydrogen-bond donors (Lipinski definition) is 1. The molecular weight excluding hydrogens is 252 g/mol. The minimum Gasteiger partial charge on any atom is -0.399 e. The van der Waals surface area contributed by atoms with Crippen LogP contribution in [0.15, 0.2) is 30.9 Å². The molecule has 1 aromatic rings. The standard InChI is InChI=1S/C13H17ClN2O2/c1-3-6-16(7-8-18-2)13(17)11-5-4-10(15)9-12(11)14/h3-5,9H,1,6-8,15H2,2H3. The maximum Gasteiger partial charge on any atom is 0.255 e. The Balaban J connectivity index is 2.90. The number of nitrogens with two attached hydrogens (primary N) is 1. The first-order valence-electron chi connectivity index (χ1n) is 5.54. The largest absolute Gasteiger partial charge is 0.399 e. The molecule has 0 aliphatic rings. The summed E-state index contributed by atoms with van der Waals surface area (Å²) >= 11 is 6.02. The highest BCUT2D eigenvalue weighted by molar-refractivity contribution is 6.34. The molecule has 0 radical (unpaired) electrons. The summed E-state index contributed by atoms with van der Waals surface area (Å²) in [6.07, 6.45) is 1.67. The highest BCUT2D eigenvalue weighted by Gasteiger charge is 2.17. The molecule has 0 fully saturated rings. The molecule has 0 saturated heterocycles. The average Bonchev–Trinajstić information content (AvgIpc) is 2.33. The quantitative estimate of drug-likeness (QED) is 0.636.